The molecular weight excluding hydrogens is 342 g/mol. The first-order valence-corrected chi connectivity index (χ1v) is 9.15. The standard InChI is InChI=1S/C20H25N5O2/c1-16(26)24-11-13-25(14-12-24)19-15-18(5-9-22-19)20(27)23(2)10-6-17-3-7-21-8-4-17/h3-5,7-9,15H,6,10-14H2,1-2H3. The average molecular weight is 367 g/mol. The summed E-state index contributed by atoms with van der Waals surface area (Å²) in [6.45, 7) is 5.04. The van der Waals surface area contributed by atoms with Gasteiger partial charge in [-0.3, -0.25) is 14.6 Å². The molecule has 0 unspecified atom stereocenters. The van der Waals surface area contributed by atoms with Crippen molar-refractivity contribution in [3.63, 3.8) is 0 Å². The second kappa shape index (κ2) is 8.62. The summed E-state index contributed by atoms with van der Waals surface area (Å²) in [4.78, 5) is 38.3. The second-order valence-electron chi connectivity index (χ2n) is 6.73. The summed E-state index contributed by atoms with van der Waals surface area (Å²) in [6.07, 6.45) is 5.99. The highest BCUT2D eigenvalue weighted by Crippen LogP contribution is 2.16. The molecule has 0 radical (unpaired) electrons. The van der Waals surface area contributed by atoms with Crippen LogP contribution in [0.4, 0.5) is 5.82 Å². The van der Waals surface area contributed by atoms with Crippen LogP contribution in [0, 0.1) is 0 Å². The molecule has 3 heterocycles. The van der Waals surface area contributed by atoms with Crippen molar-refractivity contribution in [2.75, 3.05) is 44.7 Å². The second-order valence-corrected chi connectivity index (χ2v) is 6.73. The van der Waals surface area contributed by atoms with E-state index >= 15 is 0 Å². The van der Waals surface area contributed by atoms with E-state index in [0.29, 0.717) is 25.2 Å². The van der Waals surface area contributed by atoms with Crippen LogP contribution in [-0.2, 0) is 11.2 Å². The third-order valence-electron chi connectivity index (χ3n) is 4.87. The first-order chi connectivity index (χ1) is 13.0. The number of amides is 2. The van der Waals surface area contributed by atoms with Crippen LogP contribution in [0.2, 0.25) is 0 Å². The fourth-order valence-electron chi connectivity index (χ4n) is 3.14. The summed E-state index contributed by atoms with van der Waals surface area (Å²) in [5.74, 6) is 0.865. The summed E-state index contributed by atoms with van der Waals surface area (Å²) >= 11 is 0. The Labute approximate surface area is 159 Å². The van der Waals surface area contributed by atoms with Crippen molar-refractivity contribution in [2.24, 2.45) is 0 Å². The zero-order valence-corrected chi connectivity index (χ0v) is 15.8. The van der Waals surface area contributed by atoms with Crippen LogP contribution in [0.3, 0.4) is 0 Å². The largest absolute Gasteiger partial charge is 0.353 e. The highest BCUT2D eigenvalue weighted by atomic mass is 16.2. The maximum Gasteiger partial charge on any atom is 0.253 e. The van der Waals surface area contributed by atoms with Gasteiger partial charge in [0, 0.05) is 70.8 Å². The summed E-state index contributed by atoms with van der Waals surface area (Å²) in [5, 5.41) is 0. The fraction of sp³-hybridized carbons (Fsp3) is 0.400. The van der Waals surface area contributed by atoms with Crippen LogP contribution in [-0.4, -0.2) is 71.4 Å². The molecule has 2 aromatic rings. The number of carbonyl (C=O) groups is 2. The van der Waals surface area contributed by atoms with E-state index in [2.05, 4.69) is 14.9 Å². The van der Waals surface area contributed by atoms with Crippen molar-refractivity contribution in [1.82, 2.24) is 19.8 Å². The third kappa shape index (κ3) is 4.81. The van der Waals surface area contributed by atoms with Gasteiger partial charge in [-0.15, -0.1) is 0 Å². The first-order valence-electron chi connectivity index (χ1n) is 9.15. The van der Waals surface area contributed by atoms with Crippen molar-refractivity contribution in [3.8, 4) is 0 Å². The zero-order valence-electron chi connectivity index (χ0n) is 15.8. The van der Waals surface area contributed by atoms with Crippen LogP contribution in [0.1, 0.15) is 22.8 Å². The van der Waals surface area contributed by atoms with E-state index in [9.17, 15) is 9.59 Å². The van der Waals surface area contributed by atoms with Crippen molar-refractivity contribution >= 4 is 17.6 Å². The van der Waals surface area contributed by atoms with E-state index in [1.54, 1.807) is 36.5 Å². The average Bonchev–Trinajstić information content (AvgIpc) is 2.72. The number of carbonyl (C=O) groups excluding carboxylic acids is 2. The maximum atomic E-state index is 12.8. The lowest BCUT2D eigenvalue weighted by Crippen LogP contribution is -2.48. The molecule has 7 nitrogen and oxygen atoms in total. The zero-order chi connectivity index (χ0) is 19.2. The molecule has 7 heteroatoms. The predicted molar refractivity (Wildman–Crippen MR) is 104 cm³/mol. The van der Waals surface area contributed by atoms with Gasteiger partial charge in [0.15, 0.2) is 0 Å². The Morgan fingerprint density at radius 3 is 2.44 bits per heavy atom. The molecule has 0 N–H and O–H groups in total. The number of hydrogen-bond acceptors (Lipinski definition) is 5. The molecule has 142 valence electrons. The van der Waals surface area contributed by atoms with Gasteiger partial charge in [0.05, 0.1) is 0 Å². The van der Waals surface area contributed by atoms with Crippen LogP contribution < -0.4 is 4.90 Å². The highest BCUT2D eigenvalue weighted by Gasteiger charge is 2.21. The molecule has 0 atom stereocenters. The van der Waals surface area contributed by atoms with Crippen LogP contribution >= 0.6 is 0 Å². The Kier molecular flexibility index (Phi) is 6.01. The number of rotatable bonds is 5. The van der Waals surface area contributed by atoms with E-state index in [1.165, 1.54) is 0 Å². The number of anilines is 1. The van der Waals surface area contributed by atoms with Crippen molar-refractivity contribution in [1.29, 1.82) is 0 Å². The molecule has 0 bridgehead atoms. The molecule has 1 aliphatic rings. The molecule has 2 aromatic heterocycles. The molecule has 2 amide bonds. The number of aromatic nitrogens is 2. The minimum absolute atomic E-state index is 0.0184. The molecular formula is C20H25N5O2. The van der Waals surface area contributed by atoms with Crippen LogP contribution in [0.15, 0.2) is 42.9 Å². The lowest BCUT2D eigenvalue weighted by atomic mass is 10.1. The van der Waals surface area contributed by atoms with Gasteiger partial charge in [-0.2, -0.15) is 0 Å². The Morgan fingerprint density at radius 2 is 1.78 bits per heavy atom. The summed E-state index contributed by atoms with van der Waals surface area (Å²) in [5.41, 5.74) is 1.79. The van der Waals surface area contributed by atoms with Crippen LogP contribution in [0.25, 0.3) is 0 Å². The third-order valence-corrected chi connectivity index (χ3v) is 4.87. The van der Waals surface area contributed by atoms with Gasteiger partial charge < -0.3 is 14.7 Å². The molecule has 0 aromatic carbocycles. The molecule has 3 rings (SSSR count). The van der Waals surface area contributed by atoms with Crippen LogP contribution in [0.5, 0.6) is 0 Å². The summed E-state index contributed by atoms with van der Waals surface area (Å²) in [7, 11) is 1.81. The number of hydrogen-bond donors (Lipinski definition) is 0. The van der Waals surface area contributed by atoms with E-state index in [-0.39, 0.29) is 11.8 Å². The molecule has 27 heavy (non-hydrogen) atoms. The molecule has 0 aliphatic carbocycles. The Bertz CT molecular complexity index is 788. The normalized spacial score (nSPS) is 14.1. The molecule has 1 fully saturated rings. The maximum absolute atomic E-state index is 12.8. The minimum atomic E-state index is -0.0184. The number of nitrogens with zero attached hydrogens (tertiary/aromatic N) is 5. The monoisotopic (exact) mass is 367 g/mol. The lowest BCUT2D eigenvalue weighted by Gasteiger charge is -2.35. The van der Waals surface area contributed by atoms with Crippen molar-refractivity contribution in [3.05, 3.63) is 54.0 Å². The number of pyridine rings is 2. The van der Waals surface area contributed by atoms with Gasteiger partial charge in [-0.1, -0.05) is 0 Å². The topological polar surface area (TPSA) is 69.6 Å². The van der Waals surface area contributed by atoms with Gasteiger partial charge >= 0.3 is 0 Å². The Morgan fingerprint density at radius 1 is 1.07 bits per heavy atom. The van der Waals surface area contributed by atoms with Gasteiger partial charge in [-0.05, 0) is 36.2 Å². The fourth-order valence-corrected chi connectivity index (χ4v) is 3.14. The van der Waals surface area contributed by atoms with E-state index in [4.69, 9.17) is 0 Å². The smallest absolute Gasteiger partial charge is 0.253 e. The van der Waals surface area contributed by atoms with E-state index in [1.807, 2.05) is 30.1 Å². The predicted octanol–water partition coefficient (Wildman–Crippen LogP) is 1.46. The first kappa shape index (κ1) is 18.8. The van der Waals surface area contributed by atoms with E-state index < -0.39 is 0 Å². The molecule has 1 aliphatic heterocycles. The van der Waals surface area contributed by atoms with Gasteiger partial charge in [0.25, 0.3) is 5.91 Å². The van der Waals surface area contributed by atoms with Gasteiger partial charge in [-0.25, -0.2) is 4.98 Å². The summed E-state index contributed by atoms with van der Waals surface area (Å²) < 4.78 is 0. The highest BCUT2D eigenvalue weighted by molar-refractivity contribution is 5.94. The number of piperazine rings is 1. The van der Waals surface area contributed by atoms with Gasteiger partial charge in [0.2, 0.25) is 5.91 Å². The number of likely N-dealkylation sites (N-methyl/N-ethyl adjacent to an activating group) is 1. The summed E-state index contributed by atoms with van der Waals surface area (Å²) in [6, 6.07) is 7.52. The lowest BCUT2D eigenvalue weighted by molar-refractivity contribution is -0.129. The minimum Gasteiger partial charge on any atom is -0.353 e. The molecule has 0 saturated carbocycles. The molecule has 0 spiro atoms. The molecule has 1 saturated heterocycles. The SMILES string of the molecule is CC(=O)N1CCN(c2cc(C(=O)N(C)CCc3ccncc3)ccn2)CC1. The van der Waals surface area contributed by atoms with Gasteiger partial charge in [0.1, 0.15) is 5.82 Å². The van der Waals surface area contributed by atoms with Crippen molar-refractivity contribution < 1.29 is 9.59 Å². The van der Waals surface area contributed by atoms with E-state index in [0.717, 1.165) is 30.9 Å². The quantitative estimate of drug-likeness (QED) is 0.800. The Balaban J connectivity index is 1.61. The Hall–Kier alpha value is -2.96. The van der Waals surface area contributed by atoms with Crippen molar-refractivity contribution in [2.45, 2.75) is 13.3 Å².